The number of hydrogen-bond acceptors (Lipinski definition) is 2. The van der Waals surface area contributed by atoms with Gasteiger partial charge in [0, 0.05) is 0 Å². The molecule has 0 aliphatic carbocycles. The first-order valence-electron chi connectivity index (χ1n) is 2.15. The van der Waals surface area contributed by atoms with Crippen molar-refractivity contribution in [3.05, 3.63) is 0 Å². The van der Waals surface area contributed by atoms with Crippen LogP contribution >= 0.6 is 0 Å². The van der Waals surface area contributed by atoms with E-state index in [4.69, 9.17) is 5.11 Å². The van der Waals surface area contributed by atoms with E-state index < -0.39 is 23.5 Å². The average Bonchev–Trinajstić information content (AvgIpc) is 1.84. The van der Waals surface area contributed by atoms with Gasteiger partial charge in [0.1, 0.15) is 0 Å². The second kappa shape index (κ2) is 2.99. The third-order valence-electron chi connectivity index (χ3n) is 0.835. The molecule has 0 aromatic rings. The Morgan fingerprint density at radius 1 is 1.45 bits per heavy atom. The summed E-state index contributed by atoms with van der Waals surface area (Å²) in [4.78, 5) is 9.53. The fourth-order valence-electron chi connectivity index (χ4n) is 0.239. The predicted molar refractivity (Wildman–Crippen MR) is 21.5 cm³/mol. The van der Waals surface area contributed by atoms with Crippen LogP contribution in [-0.4, -0.2) is 28.6 Å². The lowest BCUT2D eigenvalue weighted by molar-refractivity contribution is -0.306. The summed E-state index contributed by atoms with van der Waals surface area (Å²) in [6.45, 7) is 0. The molecule has 0 fully saturated rings. The van der Waals surface area contributed by atoms with Crippen LogP contribution in [0.15, 0.2) is 0 Å². The molecule has 1 atom stereocenters. The van der Waals surface area contributed by atoms with Crippen LogP contribution in [0, 0.1) is 0 Å². The molecule has 3 nitrogen and oxygen atoms in total. The Hall–Kier alpha value is -0.920. The average molecular weight is 179 g/mol. The predicted octanol–water partition coefficient (Wildman–Crippen LogP) is 1.07. The standard InChI is InChI=1S/C3H2F5NO2/c4-1(5)3(6,2(10)11)9(7)8/h1H,(H,10,11)/t3-/m0/s1. The molecule has 0 aromatic heterocycles. The Balaban J connectivity index is 4.67. The van der Waals surface area contributed by atoms with Crippen LogP contribution in [0.3, 0.4) is 0 Å². The zero-order chi connectivity index (χ0) is 9.23. The van der Waals surface area contributed by atoms with Crippen molar-refractivity contribution >= 4 is 5.97 Å². The van der Waals surface area contributed by atoms with Crippen LogP contribution in [0.1, 0.15) is 0 Å². The molecule has 0 saturated carbocycles. The Bertz CT molecular complexity index is 152. The lowest BCUT2D eigenvalue weighted by Gasteiger charge is -2.18. The van der Waals surface area contributed by atoms with Gasteiger partial charge in [-0.05, 0) is 0 Å². The fraction of sp³-hybridized carbons (Fsp3) is 0.667. The van der Waals surface area contributed by atoms with Gasteiger partial charge in [0.05, 0.1) is 5.34 Å². The zero-order valence-electron chi connectivity index (χ0n) is 4.77. The summed E-state index contributed by atoms with van der Waals surface area (Å²) < 4.78 is 57.0. The molecule has 66 valence electrons. The summed E-state index contributed by atoms with van der Waals surface area (Å²) in [7, 11) is 0. The third-order valence-corrected chi connectivity index (χ3v) is 0.835. The summed E-state index contributed by atoms with van der Waals surface area (Å²) in [6, 6.07) is 0. The molecular weight excluding hydrogens is 177 g/mol. The lowest BCUT2D eigenvalue weighted by atomic mass is 10.3. The maximum atomic E-state index is 12.0. The van der Waals surface area contributed by atoms with E-state index in [0.29, 0.717) is 0 Å². The van der Waals surface area contributed by atoms with Crippen LogP contribution in [0.25, 0.3) is 0 Å². The van der Waals surface area contributed by atoms with Gasteiger partial charge in [-0.25, -0.2) is 18.0 Å². The molecular formula is C3H2F5NO2. The molecule has 0 aromatic carbocycles. The van der Waals surface area contributed by atoms with E-state index in [2.05, 4.69) is 0 Å². The monoisotopic (exact) mass is 179 g/mol. The van der Waals surface area contributed by atoms with Crippen molar-refractivity contribution in [3.8, 4) is 0 Å². The second-order valence-electron chi connectivity index (χ2n) is 1.51. The van der Waals surface area contributed by atoms with E-state index in [1.54, 1.807) is 0 Å². The van der Waals surface area contributed by atoms with Gasteiger partial charge in [0.25, 0.3) is 0 Å². The molecule has 0 heterocycles. The Morgan fingerprint density at radius 2 is 1.82 bits per heavy atom. The highest BCUT2D eigenvalue weighted by molar-refractivity contribution is 5.76. The first-order chi connectivity index (χ1) is 4.83. The van der Waals surface area contributed by atoms with Gasteiger partial charge in [-0.1, -0.05) is 8.96 Å². The van der Waals surface area contributed by atoms with Crippen molar-refractivity contribution in [2.45, 2.75) is 12.2 Å². The van der Waals surface area contributed by atoms with Gasteiger partial charge >= 0.3 is 18.2 Å². The maximum Gasteiger partial charge on any atom is 0.375 e. The van der Waals surface area contributed by atoms with Crippen LogP contribution in [0.4, 0.5) is 22.1 Å². The van der Waals surface area contributed by atoms with E-state index in [-0.39, 0.29) is 0 Å². The molecule has 0 radical (unpaired) electrons. The van der Waals surface area contributed by atoms with Gasteiger partial charge in [0.2, 0.25) is 0 Å². The van der Waals surface area contributed by atoms with E-state index in [1.165, 1.54) is 0 Å². The van der Waals surface area contributed by atoms with Crippen molar-refractivity contribution in [2.75, 3.05) is 0 Å². The summed E-state index contributed by atoms with van der Waals surface area (Å²) in [5, 5.41) is 4.92. The molecule has 0 amide bonds. The fourth-order valence-corrected chi connectivity index (χ4v) is 0.239. The second-order valence-corrected chi connectivity index (χ2v) is 1.51. The highest BCUT2D eigenvalue weighted by Gasteiger charge is 2.56. The number of carbonyl (C=O) groups is 1. The SMILES string of the molecule is O=C(O)[C@](F)(C(F)F)N(F)F. The van der Waals surface area contributed by atoms with E-state index in [9.17, 15) is 26.9 Å². The van der Waals surface area contributed by atoms with Gasteiger partial charge < -0.3 is 5.11 Å². The van der Waals surface area contributed by atoms with Gasteiger partial charge in [-0.2, -0.15) is 0 Å². The van der Waals surface area contributed by atoms with E-state index in [1.807, 2.05) is 0 Å². The topological polar surface area (TPSA) is 40.5 Å². The molecule has 0 unspecified atom stereocenters. The smallest absolute Gasteiger partial charge is 0.375 e. The molecule has 0 spiro atoms. The van der Waals surface area contributed by atoms with Crippen molar-refractivity contribution < 1.29 is 32.0 Å². The zero-order valence-corrected chi connectivity index (χ0v) is 4.77. The van der Waals surface area contributed by atoms with Crippen molar-refractivity contribution in [3.63, 3.8) is 0 Å². The van der Waals surface area contributed by atoms with Crippen LogP contribution < -0.4 is 0 Å². The third kappa shape index (κ3) is 1.56. The molecule has 1 N–H and O–H groups in total. The van der Waals surface area contributed by atoms with Crippen molar-refractivity contribution in [2.24, 2.45) is 0 Å². The highest BCUT2D eigenvalue weighted by Crippen LogP contribution is 2.26. The minimum Gasteiger partial charge on any atom is -0.478 e. The van der Waals surface area contributed by atoms with Gasteiger partial charge in [-0.3, -0.25) is 0 Å². The Labute approximate surface area is 56.9 Å². The molecule has 0 bridgehead atoms. The minimum absolute atomic E-state index is 2.68. The number of halogens is 5. The molecule has 0 aliphatic heterocycles. The summed E-state index contributed by atoms with van der Waals surface area (Å²) >= 11 is 0. The molecule has 0 saturated heterocycles. The van der Waals surface area contributed by atoms with E-state index >= 15 is 0 Å². The first kappa shape index (κ1) is 10.1. The normalized spacial score (nSPS) is 17.0. The number of alkyl halides is 3. The summed E-state index contributed by atoms with van der Waals surface area (Å²) in [5.74, 6) is -7.85. The number of rotatable bonds is 3. The number of carboxylic acid groups (broad SMARTS) is 1. The largest absolute Gasteiger partial charge is 0.478 e. The molecule has 0 rings (SSSR count). The number of carboxylic acids is 1. The minimum atomic E-state index is -4.92. The number of nitrogens with zero attached hydrogens (tertiary/aromatic N) is 1. The van der Waals surface area contributed by atoms with Gasteiger partial charge in [0.15, 0.2) is 0 Å². The van der Waals surface area contributed by atoms with Crippen LogP contribution in [0.5, 0.6) is 0 Å². The van der Waals surface area contributed by atoms with Crippen LogP contribution in [-0.2, 0) is 4.79 Å². The maximum absolute atomic E-state index is 12.0. The summed E-state index contributed by atoms with van der Waals surface area (Å²) in [5.41, 5.74) is 0. The molecule has 11 heavy (non-hydrogen) atoms. The van der Waals surface area contributed by atoms with Crippen molar-refractivity contribution in [1.82, 2.24) is 5.34 Å². The number of aliphatic carboxylic acids is 1. The van der Waals surface area contributed by atoms with Crippen LogP contribution in [0.2, 0.25) is 0 Å². The molecule has 8 heteroatoms. The highest BCUT2D eigenvalue weighted by atomic mass is 19.4. The Morgan fingerprint density at radius 3 is 1.82 bits per heavy atom. The lowest BCUT2D eigenvalue weighted by Crippen LogP contribution is -2.49. The van der Waals surface area contributed by atoms with Gasteiger partial charge in [-0.15, -0.1) is 0 Å². The molecule has 0 aliphatic rings. The quantitative estimate of drug-likeness (QED) is 0.400. The van der Waals surface area contributed by atoms with E-state index in [0.717, 1.165) is 0 Å². The first-order valence-corrected chi connectivity index (χ1v) is 2.15. The Kier molecular flexibility index (Phi) is 2.74. The number of hydrogen-bond donors (Lipinski definition) is 1. The summed E-state index contributed by atoms with van der Waals surface area (Å²) in [6.07, 6.45) is -4.31. The van der Waals surface area contributed by atoms with Crippen molar-refractivity contribution in [1.29, 1.82) is 0 Å².